The lowest BCUT2D eigenvalue weighted by molar-refractivity contribution is 0.202. The standard InChI is InChI=1S/C15H21N5/c1-10-8-19-6-4-5-13(19)9-20(10)15-14(7-16)11(2)12(3)17-18-15/h10,13H,4-6,8-9H2,1-3H3. The van der Waals surface area contributed by atoms with E-state index in [1.165, 1.54) is 19.4 Å². The van der Waals surface area contributed by atoms with Gasteiger partial charge in [0.15, 0.2) is 5.82 Å². The SMILES string of the molecule is Cc1nnc(N2CC3CCCN3CC2C)c(C#N)c1C. The molecule has 2 aliphatic heterocycles. The van der Waals surface area contributed by atoms with Crippen LogP contribution in [-0.2, 0) is 0 Å². The highest BCUT2D eigenvalue weighted by Crippen LogP contribution is 2.30. The third-order valence-corrected chi connectivity index (χ3v) is 4.76. The summed E-state index contributed by atoms with van der Waals surface area (Å²) in [5.41, 5.74) is 2.49. The van der Waals surface area contributed by atoms with Gasteiger partial charge in [-0.2, -0.15) is 10.4 Å². The Balaban J connectivity index is 1.96. The Morgan fingerprint density at radius 2 is 2.05 bits per heavy atom. The Morgan fingerprint density at radius 1 is 1.25 bits per heavy atom. The highest BCUT2D eigenvalue weighted by Gasteiger charge is 2.36. The molecule has 106 valence electrons. The molecule has 0 amide bonds. The first kappa shape index (κ1) is 13.3. The van der Waals surface area contributed by atoms with Crippen LogP contribution < -0.4 is 4.90 Å². The Morgan fingerprint density at radius 3 is 2.80 bits per heavy atom. The summed E-state index contributed by atoms with van der Waals surface area (Å²) in [4.78, 5) is 4.85. The fourth-order valence-corrected chi connectivity index (χ4v) is 3.41. The average Bonchev–Trinajstić information content (AvgIpc) is 2.88. The van der Waals surface area contributed by atoms with E-state index >= 15 is 0 Å². The van der Waals surface area contributed by atoms with Gasteiger partial charge in [0.2, 0.25) is 0 Å². The number of fused-ring (bicyclic) bond motifs is 1. The molecule has 0 spiro atoms. The summed E-state index contributed by atoms with van der Waals surface area (Å²) in [5.74, 6) is 0.773. The van der Waals surface area contributed by atoms with Gasteiger partial charge in [0.05, 0.1) is 5.69 Å². The van der Waals surface area contributed by atoms with E-state index in [0.717, 1.165) is 30.2 Å². The zero-order valence-corrected chi connectivity index (χ0v) is 12.4. The molecule has 2 fully saturated rings. The van der Waals surface area contributed by atoms with E-state index in [2.05, 4.69) is 33.0 Å². The van der Waals surface area contributed by atoms with Crippen molar-refractivity contribution in [1.82, 2.24) is 15.1 Å². The maximum atomic E-state index is 9.47. The molecular formula is C15H21N5. The van der Waals surface area contributed by atoms with Crippen LogP contribution in [0.2, 0.25) is 0 Å². The Bertz CT molecular complexity index is 562. The molecule has 0 bridgehead atoms. The molecule has 1 aromatic heterocycles. The third-order valence-electron chi connectivity index (χ3n) is 4.76. The first-order chi connectivity index (χ1) is 9.61. The Labute approximate surface area is 120 Å². The van der Waals surface area contributed by atoms with Crippen molar-refractivity contribution in [2.75, 3.05) is 24.5 Å². The summed E-state index contributed by atoms with van der Waals surface area (Å²) in [6.07, 6.45) is 2.54. The van der Waals surface area contributed by atoms with Crippen LogP contribution >= 0.6 is 0 Å². The third kappa shape index (κ3) is 2.04. The van der Waals surface area contributed by atoms with Crippen LogP contribution in [0.4, 0.5) is 5.82 Å². The number of anilines is 1. The van der Waals surface area contributed by atoms with Crippen molar-refractivity contribution in [1.29, 1.82) is 5.26 Å². The predicted octanol–water partition coefficient (Wildman–Crippen LogP) is 1.64. The minimum atomic E-state index is 0.382. The maximum absolute atomic E-state index is 9.47. The summed E-state index contributed by atoms with van der Waals surface area (Å²) in [6.45, 7) is 9.32. The van der Waals surface area contributed by atoms with Gasteiger partial charge in [-0.05, 0) is 45.7 Å². The zero-order valence-electron chi connectivity index (χ0n) is 12.4. The molecule has 2 atom stereocenters. The monoisotopic (exact) mass is 271 g/mol. The number of rotatable bonds is 1. The topological polar surface area (TPSA) is 56.1 Å². The normalized spacial score (nSPS) is 26.4. The van der Waals surface area contributed by atoms with E-state index in [-0.39, 0.29) is 0 Å². The van der Waals surface area contributed by atoms with Crippen molar-refractivity contribution in [2.45, 2.75) is 45.7 Å². The minimum Gasteiger partial charge on any atom is -0.348 e. The van der Waals surface area contributed by atoms with E-state index in [4.69, 9.17) is 0 Å². The molecular weight excluding hydrogens is 250 g/mol. The maximum Gasteiger partial charge on any atom is 0.169 e. The van der Waals surface area contributed by atoms with Crippen LogP contribution in [0.3, 0.4) is 0 Å². The van der Waals surface area contributed by atoms with E-state index in [9.17, 15) is 5.26 Å². The van der Waals surface area contributed by atoms with Gasteiger partial charge in [-0.3, -0.25) is 4.90 Å². The molecule has 1 aromatic rings. The number of nitrogens with zero attached hydrogens (tertiary/aromatic N) is 5. The molecule has 3 rings (SSSR count). The van der Waals surface area contributed by atoms with Crippen LogP contribution in [0.15, 0.2) is 0 Å². The van der Waals surface area contributed by atoms with E-state index < -0.39 is 0 Å². The van der Waals surface area contributed by atoms with Crippen molar-refractivity contribution in [2.24, 2.45) is 0 Å². The minimum absolute atomic E-state index is 0.382. The molecule has 2 unspecified atom stereocenters. The molecule has 2 aliphatic rings. The second-order valence-electron chi connectivity index (χ2n) is 6.01. The van der Waals surface area contributed by atoms with Crippen LogP contribution in [0, 0.1) is 25.2 Å². The van der Waals surface area contributed by atoms with E-state index in [0.29, 0.717) is 17.6 Å². The molecule has 5 heteroatoms. The van der Waals surface area contributed by atoms with Crippen molar-refractivity contribution < 1.29 is 0 Å². The first-order valence-corrected chi connectivity index (χ1v) is 7.36. The number of nitriles is 1. The molecule has 0 N–H and O–H groups in total. The molecule has 0 aromatic carbocycles. The second kappa shape index (κ2) is 5.02. The quantitative estimate of drug-likeness (QED) is 0.777. The van der Waals surface area contributed by atoms with Gasteiger partial charge in [0, 0.05) is 25.2 Å². The largest absolute Gasteiger partial charge is 0.348 e. The van der Waals surface area contributed by atoms with E-state index in [1.54, 1.807) is 0 Å². The van der Waals surface area contributed by atoms with Crippen molar-refractivity contribution in [3.8, 4) is 6.07 Å². The van der Waals surface area contributed by atoms with E-state index in [1.807, 2.05) is 13.8 Å². The highest BCUT2D eigenvalue weighted by atomic mass is 15.4. The molecule has 0 aliphatic carbocycles. The van der Waals surface area contributed by atoms with Gasteiger partial charge in [-0.15, -0.1) is 5.10 Å². The lowest BCUT2D eigenvalue weighted by Crippen LogP contribution is -2.55. The average molecular weight is 271 g/mol. The van der Waals surface area contributed by atoms with Crippen LogP contribution in [0.25, 0.3) is 0 Å². The molecule has 2 saturated heterocycles. The van der Waals surface area contributed by atoms with Gasteiger partial charge in [-0.25, -0.2) is 0 Å². The smallest absolute Gasteiger partial charge is 0.169 e. The molecule has 20 heavy (non-hydrogen) atoms. The lowest BCUT2D eigenvalue weighted by atomic mass is 10.1. The van der Waals surface area contributed by atoms with Crippen LogP contribution in [-0.4, -0.2) is 46.8 Å². The molecule has 5 nitrogen and oxygen atoms in total. The second-order valence-corrected chi connectivity index (χ2v) is 6.01. The molecule has 0 radical (unpaired) electrons. The highest BCUT2D eigenvalue weighted by molar-refractivity contribution is 5.58. The van der Waals surface area contributed by atoms with Crippen molar-refractivity contribution in [3.63, 3.8) is 0 Å². The molecule has 3 heterocycles. The lowest BCUT2D eigenvalue weighted by Gasteiger charge is -2.43. The van der Waals surface area contributed by atoms with Crippen LogP contribution in [0.5, 0.6) is 0 Å². The van der Waals surface area contributed by atoms with Gasteiger partial charge >= 0.3 is 0 Å². The van der Waals surface area contributed by atoms with Crippen LogP contribution in [0.1, 0.15) is 36.6 Å². The summed E-state index contributed by atoms with van der Waals surface area (Å²) < 4.78 is 0. The van der Waals surface area contributed by atoms with Gasteiger partial charge in [-0.1, -0.05) is 0 Å². The number of aryl methyl sites for hydroxylation is 1. The first-order valence-electron chi connectivity index (χ1n) is 7.36. The van der Waals surface area contributed by atoms with Gasteiger partial charge in [0.25, 0.3) is 0 Å². The summed E-state index contributed by atoms with van der Waals surface area (Å²) >= 11 is 0. The number of hydrogen-bond donors (Lipinski definition) is 0. The number of hydrogen-bond acceptors (Lipinski definition) is 5. The Hall–Kier alpha value is -1.67. The van der Waals surface area contributed by atoms with Crippen molar-refractivity contribution >= 4 is 5.82 Å². The summed E-state index contributed by atoms with van der Waals surface area (Å²) in [7, 11) is 0. The molecule has 0 saturated carbocycles. The fraction of sp³-hybridized carbons (Fsp3) is 0.667. The number of aromatic nitrogens is 2. The summed E-state index contributed by atoms with van der Waals surface area (Å²) in [6, 6.07) is 3.32. The van der Waals surface area contributed by atoms with Gasteiger partial charge in [0.1, 0.15) is 11.6 Å². The fourth-order valence-electron chi connectivity index (χ4n) is 3.41. The summed E-state index contributed by atoms with van der Waals surface area (Å²) in [5, 5.41) is 18.0. The van der Waals surface area contributed by atoms with Gasteiger partial charge < -0.3 is 4.90 Å². The number of piperazine rings is 1. The Kier molecular flexibility index (Phi) is 3.35. The zero-order chi connectivity index (χ0) is 14.3. The van der Waals surface area contributed by atoms with Crippen molar-refractivity contribution in [3.05, 3.63) is 16.8 Å². The predicted molar refractivity (Wildman–Crippen MR) is 77.6 cm³/mol.